The normalized spacial score (nSPS) is 24.5. The summed E-state index contributed by atoms with van der Waals surface area (Å²) in [6, 6.07) is 0.321. The Labute approximate surface area is 91.2 Å². The van der Waals surface area contributed by atoms with Gasteiger partial charge in [0.25, 0.3) is 0 Å². The molecule has 0 spiro atoms. The smallest absolute Gasteiger partial charge is 0.310 e. The van der Waals surface area contributed by atoms with E-state index in [0.717, 1.165) is 6.54 Å². The van der Waals surface area contributed by atoms with E-state index in [-0.39, 0.29) is 6.04 Å². The summed E-state index contributed by atoms with van der Waals surface area (Å²) in [4.78, 5) is 13.4. The highest BCUT2D eigenvalue weighted by molar-refractivity contribution is 5.74. The van der Waals surface area contributed by atoms with Gasteiger partial charge in [0.2, 0.25) is 0 Å². The summed E-state index contributed by atoms with van der Waals surface area (Å²) >= 11 is 0. The maximum Gasteiger partial charge on any atom is 0.310 e. The zero-order valence-electron chi connectivity index (χ0n) is 9.99. The first-order valence-corrected chi connectivity index (χ1v) is 5.44. The van der Waals surface area contributed by atoms with Crippen molar-refractivity contribution in [1.29, 1.82) is 0 Å². The topological polar surface area (TPSA) is 49.8 Å². The van der Waals surface area contributed by atoms with Crippen LogP contribution in [0.1, 0.15) is 27.7 Å². The quantitative estimate of drug-likeness (QED) is 0.768. The summed E-state index contributed by atoms with van der Waals surface area (Å²) in [5, 5.41) is 9.21. The fourth-order valence-corrected chi connectivity index (χ4v) is 2.00. The first-order valence-electron chi connectivity index (χ1n) is 5.44. The molecule has 88 valence electrons. The van der Waals surface area contributed by atoms with E-state index < -0.39 is 11.4 Å². The van der Waals surface area contributed by atoms with Crippen molar-refractivity contribution in [3.05, 3.63) is 0 Å². The Morgan fingerprint density at radius 1 is 1.53 bits per heavy atom. The number of carboxylic acids is 1. The molecule has 0 aromatic rings. The lowest BCUT2D eigenvalue weighted by Crippen LogP contribution is -2.57. The zero-order chi connectivity index (χ0) is 11.6. The summed E-state index contributed by atoms with van der Waals surface area (Å²) in [6.45, 7) is 9.75. The maximum absolute atomic E-state index is 11.2. The number of carbonyl (C=O) groups is 1. The summed E-state index contributed by atoms with van der Waals surface area (Å²) in [5.74, 6) is -0.761. The van der Waals surface area contributed by atoms with Crippen LogP contribution in [0.5, 0.6) is 0 Å². The van der Waals surface area contributed by atoms with Gasteiger partial charge in [0.05, 0.1) is 18.6 Å². The maximum atomic E-state index is 11.2. The minimum absolute atomic E-state index is 0.0382. The van der Waals surface area contributed by atoms with Gasteiger partial charge >= 0.3 is 5.97 Å². The van der Waals surface area contributed by atoms with E-state index in [1.807, 2.05) is 0 Å². The fourth-order valence-electron chi connectivity index (χ4n) is 2.00. The average Bonchev–Trinajstić information content (AvgIpc) is 2.17. The Kier molecular flexibility index (Phi) is 3.73. The molecule has 1 atom stereocenters. The number of morpholine rings is 1. The molecule has 1 unspecified atom stereocenters. The Morgan fingerprint density at radius 2 is 2.13 bits per heavy atom. The van der Waals surface area contributed by atoms with Gasteiger partial charge < -0.3 is 9.84 Å². The molecule has 1 heterocycles. The predicted octanol–water partition coefficient (Wildman–Crippen LogP) is 1.21. The molecule has 1 N–H and O–H groups in total. The minimum Gasteiger partial charge on any atom is -0.481 e. The van der Waals surface area contributed by atoms with Crippen molar-refractivity contribution in [2.45, 2.75) is 39.8 Å². The molecule has 0 aliphatic carbocycles. The molecule has 15 heavy (non-hydrogen) atoms. The van der Waals surface area contributed by atoms with Crippen molar-refractivity contribution in [2.24, 2.45) is 5.41 Å². The van der Waals surface area contributed by atoms with Gasteiger partial charge in [0.15, 0.2) is 0 Å². The van der Waals surface area contributed by atoms with Crippen LogP contribution in [-0.4, -0.2) is 47.8 Å². The molecule has 1 fully saturated rings. The monoisotopic (exact) mass is 215 g/mol. The lowest BCUT2D eigenvalue weighted by atomic mass is 9.82. The molecule has 0 radical (unpaired) electrons. The van der Waals surface area contributed by atoms with Crippen molar-refractivity contribution in [2.75, 3.05) is 19.8 Å². The Bertz CT molecular complexity index is 238. The standard InChI is InChI=1S/C11H21NO3/c1-8(2)12-5-6-15-7-9(12)11(3,4)10(13)14/h8-9H,5-7H2,1-4H3,(H,13,14). The molecule has 1 aliphatic heterocycles. The van der Waals surface area contributed by atoms with Crippen LogP contribution in [0, 0.1) is 5.41 Å². The Morgan fingerprint density at radius 3 is 2.60 bits per heavy atom. The van der Waals surface area contributed by atoms with Gasteiger partial charge in [0, 0.05) is 18.6 Å². The van der Waals surface area contributed by atoms with Gasteiger partial charge in [-0.15, -0.1) is 0 Å². The van der Waals surface area contributed by atoms with Crippen LogP contribution in [0.2, 0.25) is 0 Å². The molecular weight excluding hydrogens is 194 g/mol. The van der Waals surface area contributed by atoms with Crippen molar-refractivity contribution in [3.8, 4) is 0 Å². The first-order chi connectivity index (χ1) is 6.87. The molecule has 0 saturated carbocycles. The summed E-state index contributed by atoms with van der Waals surface area (Å²) in [6.07, 6.45) is 0. The molecule has 0 bridgehead atoms. The number of nitrogens with zero attached hydrogens (tertiary/aromatic N) is 1. The third-order valence-electron chi connectivity index (χ3n) is 3.22. The van der Waals surface area contributed by atoms with Gasteiger partial charge in [-0.2, -0.15) is 0 Å². The number of hydrogen-bond acceptors (Lipinski definition) is 3. The molecule has 4 heteroatoms. The summed E-state index contributed by atoms with van der Waals surface area (Å²) < 4.78 is 5.39. The molecule has 1 aliphatic rings. The summed E-state index contributed by atoms with van der Waals surface area (Å²) in [7, 11) is 0. The molecule has 0 aromatic carbocycles. The highest BCUT2D eigenvalue weighted by Crippen LogP contribution is 2.29. The van der Waals surface area contributed by atoms with Gasteiger partial charge in [-0.05, 0) is 27.7 Å². The molecule has 0 amide bonds. The lowest BCUT2D eigenvalue weighted by Gasteiger charge is -2.44. The van der Waals surface area contributed by atoms with Crippen LogP contribution in [0.4, 0.5) is 0 Å². The molecular formula is C11H21NO3. The number of hydrogen-bond donors (Lipinski definition) is 1. The Balaban J connectivity index is 2.84. The van der Waals surface area contributed by atoms with Gasteiger partial charge in [-0.25, -0.2) is 0 Å². The van der Waals surface area contributed by atoms with Crippen molar-refractivity contribution in [3.63, 3.8) is 0 Å². The highest BCUT2D eigenvalue weighted by atomic mass is 16.5. The van der Waals surface area contributed by atoms with Crippen LogP contribution >= 0.6 is 0 Å². The first kappa shape index (κ1) is 12.5. The van der Waals surface area contributed by atoms with Gasteiger partial charge in [0.1, 0.15) is 0 Å². The van der Waals surface area contributed by atoms with Crippen LogP contribution in [0.3, 0.4) is 0 Å². The van der Waals surface area contributed by atoms with Crippen molar-refractivity contribution < 1.29 is 14.6 Å². The van der Waals surface area contributed by atoms with E-state index in [2.05, 4.69) is 18.7 Å². The second-order valence-electron chi connectivity index (χ2n) is 4.95. The van der Waals surface area contributed by atoms with Crippen molar-refractivity contribution >= 4 is 5.97 Å². The molecule has 4 nitrogen and oxygen atoms in total. The van der Waals surface area contributed by atoms with Crippen LogP contribution in [0.15, 0.2) is 0 Å². The number of rotatable bonds is 3. The number of ether oxygens (including phenoxy) is 1. The zero-order valence-corrected chi connectivity index (χ0v) is 9.99. The highest BCUT2D eigenvalue weighted by Gasteiger charge is 2.42. The lowest BCUT2D eigenvalue weighted by molar-refractivity contribution is -0.157. The minimum atomic E-state index is -0.761. The van der Waals surface area contributed by atoms with Crippen LogP contribution in [-0.2, 0) is 9.53 Å². The van der Waals surface area contributed by atoms with E-state index >= 15 is 0 Å². The number of aliphatic carboxylic acids is 1. The molecule has 1 rings (SSSR count). The SMILES string of the molecule is CC(C)N1CCOCC1C(C)(C)C(=O)O. The Hall–Kier alpha value is -0.610. The van der Waals surface area contributed by atoms with Crippen LogP contribution < -0.4 is 0 Å². The van der Waals surface area contributed by atoms with Gasteiger partial charge in [-0.3, -0.25) is 9.69 Å². The van der Waals surface area contributed by atoms with E-state index in [1.54, 1.807) is 13.8 Å². The largest absolute Gasteiger partial charge is 0.481 e. The second kappa shape index (κ2) is 4.49. The summed E-state index contributed by atoms with van der Waals surface area (Å²) in [5.41, 5.74) is -0.759. The van der Waals surface area contributed by atoms with Crippen LogP contribution in [0.25, 0.3) is 0 Å². The van der Waals surface area contributed by atoms with E-state index in [9.17, 15) is 9.90 Å². The third-order valence-corrected chi connectivity index (χ3v) is 3.22. The second-order valence-corrected chi connectivity index (χ2v) is 4.95. The van der Waals surface area contributed by atoms with E-state index in [4.69, 9.17) is 4.74 Å². The van der Waals surface area contributed by atoms with E-state index in [1.165, 1.54) is 0 Å². The van der Waals surface area contributed by atoms with Crippen molar-refractivity contribution in [1.82, 2.24) is 4.90 Å². The average molecular weight is 215 g/mol. The predicted molar refractivity (Wildman–Crippen MR) is 57.9 cm³/mol. The molecule has 1 saturated heterocycles. The van der Waals surface area contributed by atoms with Gasteiger partial charge in [-0.1, -0.05) is 0 Å². The van der Waals surface area contributed by atoms with E-state index in [0.29, 0.717) is 19.3 Å². The molecule has 0 aromatic heterocycles. The third kappa shape index (κ3) is 2.49. The number of carboxylic acid groups (broad SMARTS) is 1. The fraction of sp³-hybridized carbons (Fsp3) is 0.909.